The van der Waals surface area contributed by atoms with Crippen LogP contribution in [0.5, 0.6) is 5.75 Å². The highest BCUT2D eigenvalue weighted by atomic mass is 35.5. The molecule has 0 heterocycles. The van der Waals surface area contributed by atoms with Crippen molar-refractivity contribution in [2.45, 2.75) is 19.4 Å². The summed E-state index contributed by atoms with van der Waals surface area (Å²) in [7, 11) is 0. The molecule has 0 aliphatic carbocycles. The van der Waals surface area contributed by atoms with Crippen molar-refractivity contribution in [3.63, 3.8) is 0 Å². The van der Waals surface area contributed by atoms with E-state index >= 15 is 0 Å². The summed E-state index contributed by atoms with van der Waals surface area (Å²) >= 11 is 7.36. The Morgan fingerprint density at radius 1 is 1.48 bits per heavy atom. The molecular weight excluding hydrogens is 314 g/mol. The van der Waals surface area contributed by atoms with Crippen LogP contribution in [-0.4, -0.2) is 41.6 Å². The van der Waals surface area contributed by atoms with Gasteiger partial charge in [-0.3, -0.25) is 4.79 Å². The van der Waals surface area contributed by atoms with Gasteiger partial charge >= 0.3 is 5.97 Å². The van der Waals surface area contributed by atoms with Crippen LogP contribution in [0.3, 0.4) is 0 Å². The molecule has 0 aliphatic rings. The Morgan fingerprint density at radius 2 is 2.19 bits per heavy atom. The molecule has 0 fully saturated rings. The first kappa shape index (κ1) is 17.7. The number of nitrogens with one attached hydrogen (secondary N) is 1. The van der Waals surface area contributed by atoms with Crippen molar-refractivity contribution in [1.82, 2.24) is 5.32 Å². The lowest BCUT2D eigenvalue weighted by Gasteiger charge is -2.15. The van der Waals surface area contributed by atoms with Gasteiger partial charge in [-0.25, -0.2) is 4.79 Å². The SMILES string of the molecule is CSCC[C@H](NC(=O)COc1ccc(Cl)cc1C)C(=O)O. The second-order valence-corrected chi connectivity index (χ2v) is 5.86. The number of carboxylic acid groups (broad SMARTS) is 1. The molecule has 21 heavy (non-hydrogen) atoms. The third-order valence-electron chi connectivity index (χ3n) is 2.74. The molecule has 1 aromatic rings. The Labute approximate surface area is 133 Å². The summed E-state index contributed by atoms with van der Waals surface area (Å²) < 4.78 is 5.37. The maximum Gasteiger partial charge on any atom is 0.326 e. The Kier molecular flexibility index (Phi) is 7.39. The molecule has 116 valence electrons. The van der Waals surface area contributed by atoms with Crippen molar-refractivity contribution >= 4 is 35.2 Å². The van der Waals surface area contributed by atoms with E-state index in [1.807, 2.05) is 13.2 Å². The number of hydrogen-bond acceptors (Lipinski definition) is 4. The highest BCUT2D eigenvalue weighted by Crippen LogP contribution is 2.21. The maximum absolute atomic E-state index is 11.7. The Morgan fingerprint density at radius 3 is 2.76 bits per heavy atom. The van der Waals surface area contributed by atoms with Crippen LogP contribution < -0.4 is 10.1 Å². The lowest BCUT2D eigenvalue weighted by atomic mass is 10.2. The normalized spacial score (nSPS) is 11.8. The van der Waals surface area contributed by atoms with E-state index in [0.717, 1.165) is 5.56 Å². The molecule has 0 aromatic heterocycles. The van der Waals surface area contributed by atoms with Gasteiger partial charge < -0.3 is 15.2 Å². The Bertz CT molecular complexity index is 510. The van der Waals surface area contributed by atoms with E-state index in [2.05, 4.69) is 5.32 Å². The molecule has 7 heteroatoms. The van der Waals surface area contributed by atoms with Crippen LogP contribution in [0.4, 0.5) is 0 Å². The second-order valence-electron chi connectivity index (χ2n) is 4.44. The summed E-state index contributed by atoms with van der Waals surface area (Å²) in [5, 5.41) is 12.1. The van der Waals surface area contributed by atoms with Crippen LogP contribution in [0, 0.1) is 6.92 Å². The van der Waals surface area contributed by atoms with Gasteiger partial charge in [-0.2, -0.15) is 11.8 Å². The molecule has 1 aromatic carbocycles. The van der Waals surface area contributed by atoms with Gasteiger partial charge in [0, 0.05) is 5.02 Å². The zero-order valence-electron chi connectivity index (χ0n) is 11.9. The third kappa shape index (κ3) is 6.27. The van der Waals surface area contributed by atoms with E-state index in [-0.39, 0.29) is 6.61 Å². The monoisotopic (exact) mass is 331 g/mol. The van der Waals surface area contributed by atoms with E-state index in [4.69, 9.17) is 21.4 Å². The van der Waals surface area contributed by atoms with E-state index in [1.165, 1.54) is 11.8 Å². The summed E-state index contributed by atoms with van der Waals surface area (Å²) in [5.74, 6) is -0.294. The topological polar surface area (TPSA) is 75.6 Å². The number of aliphatic carboxylic acids is 1. The first-order chi connectivity index (χ1) is 9.93. The van der Waals surface area contributed by atoms with Gasteiger partial charge in [-0.05, 0) is 49.1 Å². The molecule has 5 nitrogen and oxygen atoms in total. The minimum absolute atomic E-state index is 0.231. The molecule has 0 bridgehead atoms. The Balaban J connectivity index is 2.50. The average Bonchev–Trinajstić information content (AvgIpc) is 2.42. The zero-order chi connectivity index (χ0) is 15.8. The number of amides is 1. The lowest BCUT2D eigenvalue weighted by Crippen LogP contribution is -2.43. The van der Waals surface area contributed by atoms with Crippen molar-refractivity contribution in [3.8, 4) is 5.75 Å². The van der Waals surface area contributed by atoms with Crippen LogP contribution in [0.2, 0.25) is 5.02 Å². The first-order valence-electron chi connectivity index (χ1n) is 6.34. The van der Waals surface area contributed by atoms with Gasteiger partial charge in [0.15, 0.2) is 6.61 Å². The largest absolute Gasteiger partial charge is 0.484 e. The van der Waals surface area contributed by atoms with Gasteiger partial charge in [-0.15, -0.1) is 0 Å². The fourth-order valence-electron chi connectivity index (χ4n) is 1.65. The van der Waals surface area contributed by atoms with E-state index in [1.54, 1.807) is 18.2 Å². The molecule has 1 rings (SSSR count). The molecule has 0 saturated heterocycles. The van der Waals surface area contributed by atoms with Crippen molar-refractivity contribution in [3.05, 3.63) is 28.8 Å². The molecule has 0 saturated carbocycles. The first-order valence-corrected chi connectivity index (χ1v) is 8.11. The summed E-state index contributed by atoms with van der Waals surface area (Å²) in [6.45, 7) is 1.59. The smallest absolute Gasteiger partial charge is 0.326 e. The van der Waals surface area contributed by atoms with Crippen molar-refractivity contribution in [2.24, 2.45) is 0 Å². The van der Waals surface area contributed by atoms with E-state index in [0.29, 0.717) is 22.9 Å². The molecule has 0 spiro atoms. The fraction of sp³-hybridized carbons (Fsp3) is 0.429. The second kappa shape index (κ2) is 8.79. The van der Waals surface area contributed by atoms with Gasteiger partial charge in [0.05, 0.1) is 0 Å². The predicted octanol–water partition coefficient (Wildman–Crippen LogP) is 2.35. The highest BCUT2D eigenvalue weighted by Gasteiger charge is 2.19. The van der Waals surface area contributed by atoms with Crippen LogP contribution in [-0.2, 0) is 9.59 Å². The van der Waals surface area contributed by atoms with Gasteiger partial charge in [0.1, 0.15) is 11.8 Å². The number of halogens is 1. The number of benzene rings is 1. The minimum atomic E-state index is -1.04. The van der Waals surface area contributed by atoms with Gasteiger partial charge in [0.2, 0.25) is 0 Å². The van der Waals surface area contributed by atoms with E-state index < -0.39 is 17.9 Å². The molecule has 0 aliphatic heterocycles. The number of carbonyl (C=O) groups is 2. The van der Waals surface area contributed by atoms with Crippen LogP contribution in [0.1, 0.15) is 12.0 Å². The standard InChI is InChI=1S/C14H18ClNO4S/c1-9-7-10(15)3-4-12(9)20-8-13(17)16-11(14(18)19)5-6-21-2/h3-4,7,11H,5-6,8H2,1-2H3,(H,16,17)(H,18,19)/t11-/m0/s1. The number of carbonyl (C=O) groups excluding carboxylic acids is 1. The number of rotatable bonds is 8. The number of carboxylic acids is 1. The summed E-state index contributed by atoms with van der Waals surface area (Å²) in [6.07, 6.45) is 2.26. The fourth-order valence-corrected chi connectivity index (χ4v) is 2.35. The summed E-state index contributed by atoms with van der Waals surface area (Å²) in [4.78, 5) is 22.8. The minimum Gasteiger partial charge on any atom is -0.484 e. The average molecular weight is 332 g/mol. The highest BCUT2D eigenvalue weighted by molar-refractivity contribution is 7.98. The van der Waals surface area contributed by atoms with Crippen molar-refractivity contribution in [2.75, 3.05) is 18.6 Å². The molecule has 1 amide bonds. The summed E-state index contributed by atoms with van der Waals surface area (Å²) in [6, 6.07) is 4.18. The quantitative estimate of drug-likeness (QED) is 0.764. The lowest BCUT2D eigenvalue weighted by molar-refractivity contribution is -0.142. The zero-order valence-corrected chi connectivity index (χ0v) is 13.5. The summed E-state index contributed by atoms with van der Waals surface area (Å²) in [5.41, 5.74) is 0.812. The van der Waals surface area contributed by atoms with Crippen LogP contribution in [0.25, 0.3) is 0 Å². The predicted molar refractivity (Wildman–Crippen MR) is 84.2 cm³/mol. The molecule has 1 atom stereocenters. The third-order valence-corrected chi connectivity index (χ3v) is 3.62. The molecule has 0 radical (unpaired) electrons. The van der Waals surface area contributed by atoms with Crippen LogP contribution in [0.15, 0.2) is 18.2 Å². The maximum atomic E-state index is 11.7. The molecular formula is C14H18ClNO4S. The molecule has 0 unspecified atom stereocenters. The number of aryl methyl sites for hydroxylation is 1. The Hall–Kier alpha value is -1.40. The van der Waals surface area contributed by atoms with Crippen molar-refractivity contribution in [1.29, 1.82) is 0 Å². The van der Waals surface area contributed by atoms with Gasteiger partial charge in [0.25, 0.3) is 5.91 Å². The number of hydrogen-bond donors (Lipinski definition) is 2. The van der Waals surface area contributed by atoms with Crippen LogP contribution >= 0.6 is 23.4 Å². The molecule has 2 N–H and O–H groups in total. The number of thioether (sulfide) groups is 1. The van der Waals surface area contributed by atoms with E-state index in [9.17, 15) is 9.59 Å². The van der Waals surface area contributed by atoms with Gasteiger partial charge in [-0.1, -0.05) is 11.6 Å². The number of ether oxygens (including phenoxy) is 1. The van der Waals surface area contributed by atoms with Crippen molar-refractivity contribution < 1.29 is 19.4 Å².